The minimum atomic E-state index is -4.65. The number of nitrogens with zero attached hydrogens (tertiary/aromatic N) is 1. The van der Waals surface area contributed by atoms with Gasteiger partial charge in [-0.05, 0) is 53.6 Å². The van der Waals surface area contributed by atoms with E-state index in [4.69, 9.17) is 16.7 Å². The van der Waals surface area contributed by atoms with Crippen LogP contribution in [0.5, 0.6) is 0 Å². The van der Waals surface area contributed by atoms with Crippen LogP contribution in [0.1, 0.15) is 16.1 Å². The number of hydrogen-bond acceptors (Lipinski definition) is 3. The summed E-state index contributed by atoms with van der Waals surface area (Å²) in [6.07, 6.45) is -4.65. The van der Waals surface area contributed by atoms with E-state index < -0.39 is 28.8 Å². The van der Waals surface area contributed by atoms with Crippen LogP contribution in [-0.2, 0) is 6.18 Å². The standard InChI is InChI=1S/C22H14ClF3N4O3/c23-17-7-5-14(10-16(17)22(24,25)26)28-21(33)27-13-3-1-2-11(8-13)12-4-6-15-18(9-12)29-30-19(15)20(31)32/h1-10H,(H,29,30)(H,31,32)(H2,27,28,33). The summed E-state index contributed by atoms with van der Waals surface area (Å²) in [5, 5.41) is 20.5. The molecule has 4 rings (SSSR count). The summed E-state index contributed by atoms with van der Waals surface area (Å²) in [6, 6.07) is 14.2. The van der Waals surface area contributed by atoms with Gasteiger partial charge >= 0.3 is 18.2 Å². The lowest BCUT2D eigenvalue weighted by atomic mass is 10.0. The molecule has 1 heterocycles. The Hall–Kier alpha value is -4.05. The maximum atomic E-state index is 13.0. The monoisotopic (exact) mass is 474 g/mol. The first-order valence-corrected chi connectivity index (χ1v) is 9.76. The number of amides is 2. The summed E-state index contributed by atoms with van der Waals surface area (Å²) < 4.78 is 39.0. The van der Waals surface area contributed by atoms with E-state index in [0.29, 0.717) is 22.2 Å². The molecule has 0 atom stereocenters. The zero-order valence-electron chi connectivity index (χ0n) is 16.5. The molecule has 0 radical (unpaired) electrons. The lowest BCUT2D eigenvalue weighted by Gasteiger charge is -2.13. The first-order valence-electron chi connectivity index (χ1n) is 9.38. The van der Waals surface area contributed by atoms with Crippen LogP contribution >= 0.6 is 11.6 Å². The molecule has 0 bridgehead atoms. The maximum absolute atomic E-state index is 13.0. The fraction of sp³-hybridized carbons (Fsp3) is 0.0455. The summed E-state index contributed by atoms with van der Waals surface area (Å²) >= 11 is 5.59. The van der Waals surface area contributed by atoms with Gasteiger partial charge in [-0.25, -0.2) is 9.59 Å². The molecule has 0 saturated carbocycles. The number of hydrogen-bond donors (Lipinski definition) is 4. The van der Waals surface area contributed by atoms with Gasteiger partial charge in [-0.1, -0.05) is 29.8 Å². The number of nitrogens with one attached hydrogen (secondary N) is 3. The highest BCUT2D eigenvalue weighted by atomic mass is 35.5. The molecule has 0 aliphatic heterocycles. The Bertz CT molecular complexity index is 1390. The van der Waals surface area contributed by atoms with Crippen molar-refractivity contribution in [3.63, 3.8) is 0 Å². The largest absolute Gasteiger partial charge is 0.476 e. The highest BCUT2D eigenvalue weighted by Gasteiger charge is 2.33. The van der Waals surface area contributed by atoms with E-state index in [0.717, 1.165) is 17.7 Å². The Morgan fingerprint density at radius 3 is 2.33 bits per heavy atom. The van der Waals surface area contributed by atoms with Gasteiger partial charge in [-0.3, -0.25) is 5.10 Å². The average Bonchev–Trinajstić information content (AvgIpc) is 3.18. The number of benzene rings is 3. The number of rotatable bonds is 4. The van der Waals surface area contributed by atoms with E-state index in [1.165, 1.54) is 6.07 Å². The molecular weight excluding hydrogens is 461 g/mol. The van der Waals surface area contributed by atoms with E-state index in [2.05, 4.69) is 20.8 Å². The van der Waals surface area contributed by atoms with Crippen LogP contribution in [0.2, 0.25) is 5.02 Å². The number of H-pyrrole nitrogens is 1. The molecule has 0 fully saturated rings. The summed E-state index contributed by atoms with van der Waals surface area (Å²) in [5.74, 6) is -1.14. The number of carboxylic acids is 1. The van der Waals surface area contributed by atoms with E-state index in [1.54, 1.807) is 42.5 Å². The number of carbonyl (C=O) groups excluding carboxylic acids is 1. The normalized spacial score (nSPS) is 11.4. The van der Waals surface area contributed by atoms with Crippen molar-refractivity contribution < 1.29 is 27.9 Å². The van der Waals surface area contributed by atoms with Crippen molar-refractivity contribution in [1.82, 2.24) is 10.2 Å². The molecule has 0 aliphatic rings. The Balaban J connectivity index is 1.52. The zero-order chi connectivity index (χ0) is 23.8. The fourth-order valence-electron chi connectivity index (χ4n) is 3.25. The molecule has 4 aromatic rings. The SMILES string of the molecule is O=C(Nc1cccc(-c2ccc3c(C(=O)O)n[nH]c3c2)c1)Nc1ccc(Cl)c(C(F)(F)F)c1. The second-order valence-corrected chi connectivity index (χ2v) is 7.40. The van der Waals surface area contributed by atoms with Crippen LogP contribution < -0.4 is 10.6 Å². The van der Waals surface area contributed by atoms with Gasteiger partial charge in [0, 0.05) is 16.8 Å². The van der Waals surface area contributed by atoms with Crippen molar-refractivity contribution in [1.29, 1.82) is 0 Å². The van der Waals surface area contributed by atoms with Gasteiger partial charge in [0.05, 0.1) is 16.1 Å². The second-order valence-electron chi connectivity index (χ2n) is 6.99. The van der Waals surface area contributed by atoms with Crippen LogP contribution in [0.4, 0.5) is 29.3 Å². The third-order valence-corrected chi connectivity index (χ3v) is 5.08. The molecule has 0 unspecified atom stereocenters. The van der Waals surface area contributed by atoms with Crippen LogP contribution in [0.15, 0.2) is 60.7 Å². The molecule has 3 aromatic carbocycles. The molecule has 1 aromatic heterocycles. The predicted octanol–water partition coefficient (Wildman–Crippen LogP) is 6.24. The Kier molecular flexibility index (Phi) is 5.69. The Morgan fingerprint density at radius 1 is 0.939 bits per heavy atom. The summed E-state index contributed by atoms with van der Waals surface area (Å²) in [4.78, 5) is 23.5. The minimum Gasteiger partial charge on any atom is -0.476 e. The van der Waals surface area contributed by atoms with Crippen molar-refractivity contribution in [3.05, 3.63) is 76.9 Å². The van der Waals surface area contributed by atoms with Gasteiger partial charge in [0.2, 0.25) is 0 Å². The van der Waals surface area contributed by atoms with E-state index in [9.17, 15) is 22.8 Å². The van der Waals surface area contributed by atoms with Crippen molar-refractivity contribution in [2.24, 2.45) is 0 Å². The fourth-order valence-corrected chi connectivity index (χ4v) is 3.48. The molecular formula is C22H14ClF3N4O3. The number of halogens is 4. The molecule has 2 amide bonds. The third-order valence-electron chi connectivity index (χ3n) is 4.75. The van der Waals surface area contributed by atoms with E-state index in [-0.39, 0.29) is 11.4 Å². The second kappa shape index (κ2) is 8.47. The van der Waals surface area contributed by atoms with Gasteiger partial charge in [-0.2, -0.15) is 18.3 Å². The highest BCUT2D eigenvalue weighted by Crippen LogP contribution is 2.36. The number of anilines is 2. The average molecular weight is 475 g/mol. The lowest BCUT2D eigenvalue weighted by Crippen LogP contribution is -2.20. The van der Waals surface area contributed by atoms with Gasteiger partial charge in [-0.15, -0.1) is 0 Å². The highest BCUT2D eigenvalue weighted by molar-refractivity contribution is 6.31. The number of aromatic carboxylic acids is 1. The van der Waals surface area contributed by atoms with Gasteiger partial charge in [0.25, 0.3) is 0 Å². The van der Waals surface area contributed by atoms with Crippen molar-refractivity contribution in [3.8, 4) is 11.1 Å². The lowest BCUT2D eigenvalue weighted by molar-refractivity contribution is -0.137. The number of alkyl halides is 3. The van der Waals surface area contributed by atoms with E-state index in [1.807, 2.05) is 0 Å². The third kappa shape index (κ3) is 4.75. The van der Waals surface area contributed by atoms with Gasteiger partial charge in [0.1, 0.15) is 0 Å². The van der Waals surface area contributed by atoms with Crippen LogP contribution in [0.25, 0.3) is 22.0 Å². The molecule has 0 aliphatic carbocycles. The van der Waals surface area contributed by atoms with Crippen molar-refractivity contribution >= 4 is 45.9 Å². The molecule has 7 nitrogen and oxygen atoms in total. The predicted molar refractivity (Wildman–Crippen MR) is 118 cm³/mol. The summed E-state index contributed by atoms with van der Waals surface area (Å²) in [5.41, 5.74) is 1.17. The smallest absolute Gasteiger partial charge is 0.417 e. The quantitative estimate of drug-likeness (QED) is 0.280. The number of fused-ring (bicyclic) bond motifs is 1. The maximum Gasteiger partial charge on any atom is 0.417 e. The minimum absolute atomic E-state index is 0.0701. The number of urea groups is 1. The number of aromatic nitrogens is 2. The van der Waals surface area contributed by atoms with Crippen molar-refractivity contribution in [2.75, 3.05) is 10.6 Å². The van der Waals surface area contributed by atoms with Gasteiger partial charge in [0.15, 0.2) is 5.69 Å². The first-order chi connectivity index (χ1) is 15.6. The molecule has 168 valence electrons. The van der Waals surface area contributed by atoms with Crippen molar-refractivity contribution in [2.45, 2.75) is 6.18 Å². The van der Waals surface area contributed by atoms with E-state index >= 15 is 0 Å². The number of carbonyl (C=O) groups is 2. The topological polar surface area (TPSA) is 107 Å². The Morgan fingerprint density at radius 2 is 1.64 bits per heavy atom. The molecule has 0 spiro atoms. The Labute approximate surface area is 189 Å². The summed E-state index contributed by atoms with van der Waals surface area (Å²) in [6.45, 7) is 0. The van der Waals surface area contributed by atoms with Crippen LogP contribution in [-0.4, -0.2) is 27.3 Å². The zero-order valence-corrected chi connectivity index (χ0v) is 17.3. The molecule has 33 heavy (non-hydrogen) atoms. The summed E-state index contributed by atoms with van der Waals surface area (Å²) in [7, 11) is 0. The first kappa shape index (κ1) is 22.2. The number of aromatic amines is 1. The molecule has 4 N–H and O–H groups in total. The van der Waals surface area contributed by atoms with Crippen LogP contribution in [0, 0.1) is 0 Å². The number of carboxylic acid groups (broad SMARTS) is 1. The molecule has 0 saturated heterocycles. The van der Waals surface area contributed by atoms with Crippen LogP contribution in [0.3, 0.4) is 0 Å². The van der Waals surface area contributed by atoms with Gasteiger partial charge < -0.3 is 15.7 Å². The molecule has 11 heteroatoms.